The van der Waals surface area contributed by atoms with Crippen molar-refractivity contribution in [3.05, 3.63) is 18.0 Å². The average Bonchev–Trinajstić information content (AvgIpc) is 2.17. The molecule has 0 aliphatic heterocycles. The van der Waals surface area contributed by atoms with Crippen molar-refractivity contribution in [2.45, 2.75) is 0 Å². The first-order chi connectivity index (χ1) is 6.15. The van der Waals surface area contributed by atoms with Crippen LogP contribution in [0, 0.1) is 0 Å². The summed E-state index contributed by atoms with van der Waals surface area (Å²) < 4.78 is 0. The minimum absolute atomic E-state index is 0.203. The molecule has 0 fully saturated rings. The topological polar surface area (TPSA) is 58.1 Å². The van der Waals surface area contributed by atoms with Crippen LogP contribution in [-0.4, -0.2) is 37.0 Å². The molecule has 1 rings (SSSR count). The monoisotopic (exact) mass is 180 g/mol. The van der Waals surface area contributed by atoms with Gasteiger partial charge in [0.1, 0.15) is 5.69 Å². The highest BCUT2D eigenvalue weighted by molar-refractivity contribution is 5.92. The van der Waals surface area contributed by atoms with Gasteiger partial charge in [-0.2, -0.15) is 0 Å². The Morgan fingerprint density at radius 1 is 1.54 bits per heavy atom. The summed E-state index contributed by atoms with van der Waals surface area (Å²) in [5.41, 5.74) is 0.376. The van der Waals surface area contributed by atoms with Crippen molar-refractivity contribution < 1.29 is 4.79 Å². The van der Waals surface area contributed by atoms with Gasteiger partial charge in [0.2, 0.25) is 5.95 Å². The van der Waals surface area contributed by atoms with Crippen LogP contribution in [0.25, 0.3) is 0 Å². The van der Waals surface area contributed by atoms with Crippen LogP contribution in [0.5, 0.6) is 0 Å². The van der Waals surface area contributed by atoms with Crippen LogP contribution in [0.2, 0.25) is 0 Å². The highest BCUT2D eigenvalue weighted by atomic mass is 16.1. The van der Waals surface area contributed by atoms with Gasteiger partial charge in [-0.15, -0.1) is 0 Å². The normalized spacial score (nSPS) is 9.46. The number of anilines is 1. The van der Waals surface area contributed by atoms with Crippen LogP contribution < -0.4 is 10.2 Å². The van der Waals surface area contributed by atoms with Gasteiger partial charge < -0.3 is 10.2 Å². The number of aromatic nitrogens is 2. The Morgan fingerprint density at radius 3 is 2.77 bits per heavy atom. The van der Waals surface area contributed by atoms with E-state index in [0.717, 1.165) is 0 Å². The lowest BCUT2D eigenvalue weighted by Gasteiger charge is -2.09. The molecule has 0 atom stereocenters. The minimum Gasteiger partial charge on any atom is -0.354 e. The molecule has 0 unspecified atom stereocenters. The standard InChI is InChI=1S/C8H12N4O/c1-9-7(13)6-4-5-10-8(11-6)12(2)3/h4-5H,1-3H3,(H,9,13). The Morgan fingerprint density at radius 2 is 2.23 bits per heavy atom. The predicted molar refractivity (Wildman–Crippen MR) is 49.7 cm³/mol. The van der Waals surface area contributed by atoms with Crippen molar-refractivity contribution in [2.24, 2.45) is 0 Å². The second kappa shape index (κ2) is 3.84. The molecule has 0 saturated heterocycles. The zero-order valence-electron chi connectivity index (χ0n) is 7.90. The maximum Gasteiger partial charge on any atom is 0.269 e. The van der Waals surface area contributed by atoms with E-state index in [0.29, 0.717) is 11.6 Å². The maximum absolute atomic E-state index is 11.2. The first-order valence-corrected chi connectivity index (χ1v) is 3.87. The van der Waals surface area contributed by atoms with Crippen LogP contribution in [0.4, 0.5) is 5.95 Å². The van der Waals surface area contributed by atoms with Gasteiger partial charge in [0.15, 0.2) is 0 Å². The minimum atomic E-state index is -0.203. The largest absolute Gasteiger partial charge is 0.354 e. The molecule has 70 valence electrons. The zero-order valence-corrected chi connectivity index (χ0v) is 7.90. The Kier molecular flexibility index (Phi) is 2.79. The molecular weight excluding hydrogens is 168 g/mol. The van der Waals surface area contributed by atoms with Gasteiger partial charge >= 0.3 is 0 Å². The molecule has 1 aromatic heterocycles. The fourth-order valence-corrected chi connectivity index (χ4v) is 0.818. The van der Waals surface area contributed by atoms with Crippen LogP contribution in [0.1, 0.15) is 10.5 Å². The molecule has 0 spiro atoms. The second-order valence-corrected chi connectivity index (χ2v) is 2.72. The quantitative estimate of drug-likeness (QED) is 0.690. The second-order valence-electron chi connectivity index (χ2n) is 2.72. The van der Waals surface area contributed by atoms with E-state index in [9.17, 15) is 4.79 Å². The van der Waals surface area contributed by atoms with Crippen LogP contribution in [0.3, 0.4) is 0 Å². The molecule has 5 nitrogen and oxygen atoms in total. The number of nitrogens with zero attached hydrogens (tertiary/aromatic N) is 3. The van der Waals surface area contributed by atoms with Crippen molar-refractivity contribution in [1.82, 2.24) is 15.3 Å². The smallest absolute Gasteiger partial charge is 0.269 e. The van der Waals surface area contributed by atoms with Crippen molar-refractivity contribution in [3.8, 4) is 0 Å². The maximum atomic E-state index is 11.2. The van der Waals surface area contributed by atoms with Crippen molar-refractivity contribution in [1.29, 1.82) is 0 Å². The molecule has 0 saturated carbocycles. The zero-order chi connectivity index (χ0) is 9.84. The van der Waals surface area contributed by atoms with E-state index in [2.05, 4.69) is 15.3 Å². The Labute approximate surface area is 76.8 Å². The summed E-state index contributed by atoms with van der Waals surface area (Å²) in [4.78, 5) is 20.9. The molecule has 13 heavy (non-hydrogen) atoms. The predicted octanol–water partition coefficient (Wildman–Crippen LogP) is -0.0978. The Balaban J connectivity index is 2.98. The van der Waals surface area contributed by atoms with Crippen LogP contribution in [-0.2, 0) is 0 Å². The van der Waals surface area contributed by atoms with Gasteiger partial charge in [-0.1, -0.05) is 0 Å². The van der Waals surface area contributed by atoms with Crippen LogP contribution in [0.15, 0.2) is 12.3 Å². The number of nitrogens with one attached hydrogen (secondary N) is 1. The Hall–Kier alpha value is -1.65. The summed E-state index contributed by atoms with van der Waals surface area (Å²) >= 11 is 0. The van der Waals surface area contributed by atoms with E-state index in [1.54, 1.807) is 24.2 Å². The molecule has 0 radical (unpaired) electrons. The Bertz CT molecular complexity index is 311. The summed E-state index contributed by atoms with van der Waals surface area (Å²) in [6.07, 6.45) is 1.56. The lowest BCUT2D eigenvalue weighted by Crippen LogP contribution is -2.21. The van der Waals surface area contributed by atoms with Gasteiger partial charge in [-0.3, -0.25) is 4.79 Å². The summed E-state index contributed by atoms with van der Waals surface area (Å²) in [6, 6.07) is 1.58. The van der Waals surface area contributed by atoms with E-state index in [1.165, 1.54) is 0 Å². The number of amides is 1. The van der Waals surface area contributed by atoms with Crippen molar-refractivity contribution >= 4 is 11.9 Å². The number of carbonyl (C=O) groups is 1. The fourth-order valence-electron chi connectivity index (χ4n) is 0.818. The van der Waals surface area contributed by atoms with Gasteiger partial charge in [0, 0.05) is 27.3 Å². The van der Waals surface area contributed by atoms with Gasteiger partial charge in [-0.25, -0.2) is 9.97 Å². The van der Waals surface area contributed by atoms with Gasteiger partial charge in [0.05, 0.1) is 0 Å². The summed E-state index contributed by atoms with van der Waals surface area (Å²) in [5, 5.41) is 2.50. The average molecular weight is 180 g/mol. The number of carbonyl (C=O) groups excluding carboxylic acids is 1. The van der Waals surface area contributed by atoms with Crippen LogP contribution >= 0.6 is 0 Å². The van der Waals surface area contributed by atoms with E-state index in [1.807, 2.05) is 14.1 Å². The third-order valence-corrected chi connectivity index (χ3v) is 1.50. The molecule has 5 heteroatoms. The van der Waals surface area contributed by atoms with E-state index in [-0.39, 0.29) is 5.91 Å². The van der Waals surface area contributed by atoms with E-state index in [4.69, 9.17) is 0 Å². The summed E-state index contributed by atoms with van der Waals surface area (Å²) in [6.45, 7) is 0. The molecule has 0 aliphatic carbocycles. The number of hydrogen-bond donors (Lipinski definition) is 1. The number of rotatable bonds is 2. The summed E-state index contributed by atoms with van der Waals surface area (Å²) in [7, 11) is 5.21. The lowest BCUT2D eigenvalue weighted by molar-refractivity contribution is 0.0958. The van der Waals surface area contributed by atoms with Gasteiger partial charge in [-0.05, 0) is 6.07 Å². The fraction of sp³-hybridized carbons (Fsp3) is 0.375. The molecule has 0 aliphatic rings. The SMILES string of the molecule is CNC(=O)c1ccnc(N(C)C)n1. The van der Waals surface area contributed by atoms with E-state index >= 15 is 0 Å². The highest BCUT2D eigenvalue weighted by Crippen LogP contribution is 2.02. The third kappa shape index (κ3) is 2.14. The first-order valence-electron chi connectivity index (χ1n) is 3.87. The van der Waals surface area contributed by atoms with Crippen molar-refractivity contribution in [3.63, 3.8) is 0 Å². The summed E-state index contributed by atoms with van der Waals surface area (Å²) in [5.74, 6) is 0.326. The molecule has 0 aromatic carbocycles. The molecule has 1 aromatic rings. The first kappa shape index (κ1) is 9.44. The molecule has 1 heterocycles. The van der Waals surface area contributed by atoms with Gasteiger partial charge in [0.25, 0.3) is 5.91 Å². The van der Waals surface area contributed by atoms with Crippen molar-refractivity contribution in [2.75, 3.05) is 26.0 Å². The molecule has 0 bridgehead atoms. The molecule has 1 N–H and O–H groups in total. The lowest BCUT2D eigenvalue weighted by atomic mass is 10.4. The highest BCUT2D eigenvalue weighted by Gasteiger charge is 2.06. The molecule has 1 amide bonds. The third-order valence-electron chi connectivity index (χ3n) is 1.50. The molecular formula is C8H12N4O. The van der Waals surface area contributed by atoms with E-state index < -0.39 is 0 Å². The number of hydrogen-bond acceptors (Lipinski definition) is 4.